The maximum absolute atomic E-state index is 13.7. The Hall–Kier alpha value is -3.75. The fraction of sp³-hybridized carbons (Fsp3) is 0.360. The molecule has 34 heavy (non-hydrogen) atoms. The summed E-state index contributed by atoms with van der Waals surface area (Å²) in [5, 5.41) is 7.80. The molecule has 1 aliphatic rings. The predicted molar refractivity (Wildman–Crippen MR) is 127 cm³/mol. The van der Waals surface area contributed by atoms with Crippen LogP contribution in [0.4, 0.5) is 4.39 Å². The lowest BCUT2D eigenvalue weighted by molar-refractivity contribution is 0.0938. The third kappa shape index (κ3) is 3.81. The molecule has 1 fully saturated rings. The second-order valence-electron chi connectivity index (χ2n) is 9.16. The fourth-order valence-corrected chi connectivity index (χ4v) is 4.74. The Morgan fingerprint density at radius 1 is 1.15 bits per heavy atom. The zero-order chi connectivity index (χ0) is 24.0. The van der Waals surface area contributed by atoms with E-state index in [1.54, 1.807) is 30.3 Å². The molecule has 2 heterocycles. The van der Waals surface area contributed by atoms with Crippen molar-refractivity contribution in [1.29, 1.82) is 0 Å². The lowest BCUT2D eigenvalue weighted by Crippen LogP contribution is -2.33. The normalized spacial score (nSPS) is 14.5. The van der Waals surface area contributed by atoms with Gasteiger partial charge in [0.2, 0.25) is 5.78 Å². The largest absolute Gasteiger partial charge is 0.352 e. The van der Waals surface area contributed by atoms with Gasteiger partial charge in [0, 0.05) is 17.6 Å². The SMILES string of the molecule is CC(C)n1c(=O)c2ccc(C(=O)NC3CCCC3)cc2n2c(=O)n(Cc3cccc(F)c3)nc12. The number of fused-ring (bicyclic) bond motifs is 3. The minimum Gasteiger partial charge on any atom is -0.349 e. The highest BCUT2D eigenvalue weighted by molar-refractivity contribution is 5.98. The summed E-state index contributed by atoms with van der Waals surface area (Å²) in [6.45, 7) is 3.73. The molecule has 0 aliphatic heterocycles. The van der Waals surface area contributed by atoms with Crippen molar-refractivity contribution in [2.75, 3.05) is 0 Å². The van der Waals surface area contributed by atoms with Gasteiger partial charge in [-0.15, -0.1) is 5.10 Å². The molecule has 0 spiro atoms. The molecule has 0 unspecified atom stereocenters. The summed E-state index contributed by atoms with van der Waals surface area (Å²) in [4.78, 5) is 39.6. The molecule has 176 valence electrons. The van der Waals surface area contributed by atoms with Crippen LogP contribution in [0.25, 0.3) is 16.7 Å². The smallest absolute Gasteiger partial charge is 0.349 e. The molecular weight excluding hydrogens is 437 g/mol. The number of rotatable bonds is 5. The van der Waals surface area contributed by atoms with Gasteiger partial charge >= 0.3 is 5.69 Å². The van der Waals surface area contributed by atoms with Crippen LogP contribution in [0, 0.1) is 5.82 Å². The number of benzene rings is 2. The van der Waals surface area contributed by atoms with Gasteiger partial charge in [-0.1, -0.05) is 25.0 Å². The molecule has 1 aliphatic carbocycles. The average Bonchev–Trinajstić information content (AvgIpc) is 3.41. The van der Waals surface area contributed by atoms with Gasteiger partial charge < -0.3 is 5.32 Å². The van der Waals surface area contributed by atoms with Crippen LogP contribution >= 0.6 is 0 Å². The van der Waals surface area contributed by atoms with Gasteiger partial charge in [-0.05, 0) is 62.6 Å². The number of aromatic nitrogens is 4. The maximum atomic E-state index is 13.7. The van der Waals surface area contributed by atoms with Crippen molar-refractivity contribution in [3.8, 4) is 0 Å². The Labute approximate surface area is 194 Å². The summed E-state index contributed by atoms with van der Waals surface area (Å²) < 4.78 is 17.7. The Bertz CT molecular complexity index is 1530. The Morgan fingerprint density at radius 3 is 2.62 bits per heavy atom. The fourth-order valence-electron chi connectivity index (χ4n) is 4.74. The molecule has 1 amide bonds. The van der Waals surface area contributed by atoms with E-state index in [4.69, 9.17) is 0 Å². The van der Waals surface area contributed by atoms with Crippen molar-refractivity contribution in [2.45, 2.75) is 58.2 Å². The number of halogens is 1. The Morgan fingerprint density at radius 2 is 1.91 bits per heavy atom. The van der Waals surface area contributed by atoms with E-state index in [9.17, 15) is 18.8 Å². The monoisotopic (exact) mass is 463 g/mol. The first-order valence-corrected chi connectivity index (χ1v) is 11.6. The highest BCUT2D eigenvalue weighted by Crippen LogP contribution is 2.20. The topological polar surface area (TPSA) is 90.4 Å². The predicted octanol–water partition coefficient (Wildman–Crippen LogP) is 3.25. The van der Waals surface area contributed by atoms with Crippen LogP contribution < -0.4 is 16.6 Å². The molecule has 0 bridgehead atoms. The van der Waals surface area contributed by atoms with E-state index in [2.05, 4.69) is 10.4 Å². The highest BCUT2D eigenvalue weighted by Gasteiger charge is 2.22. The first kappa shape index (κ1) is 22.1. The lowest BCUT2D eigenvalue weighted by atomic mass is 10.1. The van der Waals surface area contributed by atoms with Crippen molar-refractivity contribution in [3.63, 3.8) is 0 Å². The van der Waals surface area contributed by atoms with Crippen LogP contribution in [-0.4, -0.2) is 30.7 Å². The van der Waals surface area contributed by atoms with E-state index in [0.29, 0.717) is 22.0 Å². The molecule has 0 saturated heterocycles. The van der Waals surface area contributed by atoms with Crippen molar-refractivity contribution < 1.29 is 9.18 Å². The van der Waals surface area contributed by atoms with Gasteiger partial charge in [0.25, 0.3) is 11.5 Å². The maximum Gasteiger partial charge on any atom is 0.352 e. The number of amides is 1. The number of carbonyl (C=O) groups excluding carboxylic acids is 1. The minimum absolute atomic E-state index is 0.0495. The molecule has 2 aromatic heterocycles. The molecule has 0 atom stereocenters. The molecule has 0 radical (unpaired) electrons. The number of hydrogen-bond donors (Lipinski definition) is 1. The summed E-state index contributed by atoms with van der Waals surface area (Å²) in [5.41, 5.74) is 0.527. The zero-order valence-electron chi connectivity index (χ0n) is 19.1. The number of carbonyl (C=O) groups is 1. The number of hydrogen-bond acceptors (Lipinski definition) is 4. The second kappa shape index (κ2) is 8.55. The third-order valence-electron chi connectivity index (χ3n) is 6.42. The number of nitrogens with one attached hydrogen (secondary N) is 1. The summed E-state index contributed by atoms with van der Waals surface area (Å²) in [5.74, 6) is -0.450. The van der Waals surface area contributed by atoms with Gasteiger partial charge in [0.1, 0.15) is 5.82 Å². The standard InChI is InChI=1S/C25H26FN5O3/c1-15(2)30-23(33)20-11-10-17(22(32)27-19-8-3-4-9-19)13-21(20)31-24(30)28-29(25(31)34)14-16-6-5-7-18(26)12-16/h5-7,10-13,15,19H,3-4,8-9,14H2,1-2H3,(H,27,32). The molecule has 1 saturated carbocycles. The van der Waals surface area contributed by atoms with Gasteiger partial charge in [0.15, 0.2) is 0 Å². The summed E-state index contributed by atoms with van der Waals surface area (Å²) in [6.07, 6.45) is 4.10. The summed E-state index contributed by atoms with van der Waals surface area (Å²) in [7, 11) is 0. The van der Waals surface area contributed by atoms with Gasteiger partial charge in [-0.3, -0.25) is 14.2 Å². The molecule has 4 aromatic rings. The van der Waals surface area contributed by atoms with Crippen LogP contribution in [0.2, 0.25) is 0 Å². The zero-order valence-corrected chi connectivity index (χ0v) is 19.1. The second-order valence-corrected chi connectivity index (χ2v) is 9.16. The first-order chi connectivity index (χ1) is 16.3. The Balaban J connectivity index is 1.69. The quantitative estimate of drug-likeness (QED) is 0.492. The van der Waals surface area contributed by atoms with E-state index in [0.717, 1.165) is 25.7 Å². The van der Waals surface area contributed by atoms with E-state index in [1.165, 1.54) is 25.8 Å². The Kier molecular flexibility index (Phi) is 5.55. The van der Waals surface area contributed by atoms with Crippen molar-refractivity contribution >= 4 is 22.6 Å². The number of nitrogens with zero attached hydrogens (tertiary/aromatic N) is 4. The lowest BCUT2D eigenvalue weighted by Gasteiger charge is -2.14. The molecule has 8 nitrogen and oxygen atoms in total. The first-order valence-electron chi connectivity index (χ1n) is 11.6. The molecule has 9 heteroatoms. The van der Waals surface area contributed by atoms with Gasteiger partial charge in [-0.25, -0.2) is 18.3 Å². The van der Waals surface area contributed by atoms with E-state index in [-0.39, 0.29) is 35.9 Å². The van der Waals surface area contributed by atoms with E-state index in [1.807, 2.05) is 13.8 Å². The molecule has 5 rings (SSSR count). The van der Waals surface area contributed by atoms with Crippen molar-refractivity contribution in [1.82, 2.24) is 24.1 Å². The summed E-state index contributed by atoms with van der Waals surface area (Å²) in [6, 6.07) is 10.6. The molecular formula is C25H26FN5O3. The van der Waals surface area contributed by atoms with Crippen molar-refractivity contribution in [3.05, 3.63) is 80.2 Å². The van der Waals surface area contributed by atoms with Crippen LogP contribution in [-0.2, 0) is 6.54 Å². The average molecular weight is 464 g/mol. The van der Waals surface area contributed by atoms with E-state index >= 15 is 0 Å². The molecule has 1 N–H and O–H groups in total. The van der Waals surface area contributed by atoms with Crippen LogP contribution in [0.3, 0.4) is 0 Å². The van der Waals surface area contributed by atoms with E-state index < -0.39 is 11.5 Å². The highest BCUT2D eigenvalue weighted by atomic mass is 19.1. The third-order valence-corrected chi connectivity index (χ3v) is 6.42. The van der Waals surface area contributed by atoms with Crippen LogP contribution in [0.5, 0.6) is 0 Å². The van der Waals surface area contributed by atoms with Crippen LogP contribution in [0.15, 0.2) is 52.1 Å². The molecule has 2 aromatic carbocycles. The van der Waals surface area contributed by atoms with Gasteiger partial charge in [0.05, 0.1) is 17.4 Å². The summed E-state index contributed by atoms with van der Waals surface area (Å²) >= 11 is 0. The van der Waals surface area contributed by atoms with Crippen molar-refractivity contribution in [2.24, 2.45) is 0 Å². The van der Waals surface area contributed by atoms with Gasteiger partial charge in [-0.2, -0.15) is 0 Å². The van der Waals surface area contributed by atoms with Crippen LogP contribution in [0.1, 0.15) is 61.5 Å². The minimum atomic E-state index is -0.466.